The molecule has 1 heterocycles. The van der Waals surface area contributed by atoms with Crippen LogP contribution in [0, 0.1) is 0 Å². The molecule has 0 aliphatic heterocycles. The van der Waals surface area contributed by atoms with Gasteiger partial charge in [0.15, 0.2) is 0 Å². The van der Waals surface area contributed by atoms with Gasteiger partial charge in [-0.05, 0) is 43.1 Å². The van der Waals surface area contributed by atoms with E-state index in [0.29, 0.717) is 12.6 Å². The van der Waals surface area contributed by atoms with Gasteiger partial charge in [-0.25, -0.2) is 0 Å². The highest BCUT2D eigenvalue weighted by atomic mass is 79.9. The van der Waals surface area contributed by atoms with Crippen LogP contribution in [0.4, 0.5) is 0 Å². The number of nitrogens with zero attached hydrogens (tertiary/aromatic N) is 2. The summed E-state index contributed by atoms with van der Waals surface area (Å²) in [6.45, 7) is 8.95. The molecule has 0 amide bonds. The molecule has 98 valence electrons. The van der Waals surface area contributed by atoms with Gasteiger partial charge in [0.05, 0.1) is 28.5 Å². The van der Waals surface area contributed by atoms with Crippen LogP contribution in [0.2, 0.25) is 0 Å². The monoisotopic (exact) mass is 303 g/mol. The molecular formula is C12H22BrN3O. The zero-order valence-electron chi connectivity index (χ0n) is 11.0. The van der Waals surface area contributed by atoms with Crippen molar-refractivity contribution in [2.75, 3.05) is 6.61 Å². The number of hydrogen-bond donors (Lipinski definition) is 1. The third-order valence-corrected chi connectivity index (χ3v) is 3.39. The zero-order valence-corrected chi connectivity index (χ0v) is 12.6. The van der Waals surface area contributed by atoms with Gasteiger partial charge >= 0.3 is 0 Å². The molecule has 0 aliphatic carbocycles. The molecule has 2 unspecified atom stereocenters. The SMILES string of the molecule is CCOC(CC)C(N)c1c(Br)cnn1C(C)C. The maximum absolute atomic E-state index is 6.30. The standard InChI is InChI=1S/C12H22BrN3O/c1-5-10(17-6-2)11(14)12-9(13)7-15-16(12)8(3)4/h7-8,10-11H,5-6,14H2,1-4H3. The van der Waals surface area contributed by atoms with Gasteiger partial charge in [0.1, 0.15) is 0 Å². The summed E-state index contributed by atoms with van der Waals surface area (Å²) in [7, 11) is 0. The molecule has 2 atom stereocenters. The molecule has 0 bridgehead atoms. The van der Waals surface area contributed by atoms with Crippen LogP contribution < -0.4 is 5.73 Å². The Balaban J connectivity index is 3.00. The van der Waals surface area contributed by atoms with Crippen molar-refractivity contribution >= 4 is 15.9 Å². The number of hydrogen-bond acceptors (Lipinski definition) is 3. The normalized spacial score (nSPS) is 15.2. The molecule has 0 aromatic carbocycles. The molecular weight excluding hydrogens is 282 g/mol. The van der Waals surface area contributed by atoms with Gasteiger partial charge in [-0.2, -0.15) is 5.10 Å². The fourth-order valence-electron chi connectivity index (χ4n) is 1.94. The van der Waals surface area contributed by atoms with Crippen LogP contribution >= 0.6 is 15.9 Å². The second-order valence-electron chi connectivity index (χ2n) is 4.34. The molecule has 0 fully saturated rings. The summed E-state index contributed by atoms with van der Waals surface area (Å²) in [5, 5.41) is 4.35. The van der Waals surface area contributed by atoms with Crippen molar-refractivity contribution in [2.24, 2.45) is 5.73 Å². The number of aromatic nitrogens is 2. The van der Waals surface area contributed by atoms with E-state index in [0.717, 1.165) is 16.6 Å². The van der Waals surface area contributed by atoms with E-state index < -0.39 is 0 Å². The van der Waals surface area contributed by atoms with Crippen molar-refractivity contribution in [3.05, 3.63) is 16.4 Å². The fraction of sp³-hybridized carbons (Fsp3) is 0.750. The van der Waals surface area contributed by atoms with E-state index in [1.165, 1.54) is 0 Å². The molecule has 17 heavy (non-hydrogen) atoms. The Kier molecular flexibility index (Phi) is 5.62. The summed E-state index contributed by atoms with van der Waals surface area (Å²) in [4.78, 5) is 0. The Morgan fingerprint density at radius 2 is 2.12 bits per heavy atom. The molecule has 0 radical (unpaired) electrons. The fourth-order valence-corrected chi connectivity index (χ4v) is 2.48. The van der Waals surface area contributed by atoms with Crippen LogP contribution in [-0.2, 0) is 4.74 Å². The van der Waals surface area contributed by atoms with Crippen molar-refractivity contribution in [1.82, 2.24) is 9.78 Å². The van der Waals surface area contributed by atoms with E-state index in [-0.39, 0.29) is 12.1 Å². The lowest BCUT2D eigenvalue weighted by atomic mass is 10.1. The molecule has 0 saturated heterocycles. The molecule has 0 saturated carbocycles. The minimum absolute atomic E-state index is 0.0329. The van der Waals surface area contributed by atoms with Crippen molar-refractivity contribution in [2.45, 2.75) is 52.3 Å². The molecule has 0 spiro atoms. The highest BCUT2D eigenvalue weighted by Crippen LogP contribution is 2.28. The summed E-state index contributed by atoms with van der Waals surface area (Å²) >= 11 is 3.52. The van der Waals surface area contributed by atoms with Crippen LogP contribution in [-0.4, -0.2) is 22.5 Å². The number of halogens is 1. The number of rotatable bonds is 6. The van der Waals surface area contributed by atoms with Gasteiger partial charge in [0.25, 0.3) is 0 Å². The van der Waals surface area contributed by atoms with Crippen LogP contribution in [0.5, 0.6) is 0 Å². The Morgan fingerprint density at radius 1 is 1.47 bits per heavy atom. The van der Waals surface area contributed by atoms with Crippen molar-refractivity contribution in [1.29, 1.82) is 0 Å². The molecule has 4 nitrogen and oxygen atoms in total. The largest absolute Gasteiger partial charge is 0.376 e. The van der Waals surface area contributed by atoms with E-state index in [9.17, 15) is 0 Å². The smallest absolute Gasteiger partial charge is 0.0780 e. The first-order valence-corrected chi connectivity index (χ1v) is 6.92. The van der Waals surface area contributed by atoms with Gasteiger partial charge < -0.3 is 10.5 Å². The molecule has 1 aromatic heterocycles. The van der Waals surface area contributed by atoms with E-state index in [1.807, 2.05) is 11.6 Å². The third-order valence-electron chi connectivity index (χ3n) is 2.78. The minimum atomic E-state index is -0.153. The lowest BCUT2D eigenvalue weighted by Gasteiger charge is -2.25. The van der Waals surface area contributed by atoms with Crippen LogP contribution in [0.3, 0.4) is 0 Å². The first kappa shape index (κ1) is 14.7. The lowest BCUT2D eigenvalue weighted by molar-refractivity contribution is 0.0389. The lowest BCUT2D eigenvalue weighted by Crippen LogP contribution is -2.31. The van der Waals surface area contributed by atoms with Gasteiger partial charge in [-0.3, -0.25) is 4.68 Å². The summed E-state index contributed by atoms with van der Waals surface area (Å²) < 4.78 is 8.59. The van der Waals surface area contributed by atoms with Crippen molar-refractivity contribution in [3.8, 4) is 0 Å². The minimum Gasteiger partial charge on any atom is -0.376 e. The topological polar surface area (TPSA) is 53.1 Å². The summed E-state index contributed by atoms with van der Waals surface area (Å²) in [6.07, 6.45) is 2.73. The molecule has 2 N–H and O–H groups in total. The Labute approximate surface area is 112 Å². The van der Waals surface area contributed by atoms with Crippen molar-refractivity contribution < 1.29 is 4.74 Å². The zero-order chi connectivity index (χ0) is 13.0. The first-order valence-electron chi connectivity index (χ1n) is 6.12. The third kappa shape index (κ3) is 3.30. The molecule has 1 aromatic rings. The number of nitrogens with two attached hydrogens (primary N) is 1. The second kappa shape index (κ2) is 6.52. The summed E-state index contributed by atoms with van der Waals surface area (Å²) in [5.41, 5.74) is 7.32. The van der Waals surface area contributed by atoms with Gasteiger partial charge in [0, 0.05) is 12.6 Å². The molecule has 0 aliphatic rings. The molecule has 1 rings (SSSR count). The Hall–Kier alpha value is -0.390. The van der Waals surface area contributed by atoms with E-state index in [2.05, 4.69) is 41.8 Å². The van der Waals surface area contributed by atoms with Gasteiger partial charge in [0.2, 0.25) is 0 Å². The van der Waals surface area contributed by atoms with Crippen LogP contribution in [0.25, 0.3) is 0 Å². The van der Waals surface area contributed by atoms with Crippen molar-refractivity contribution in [3.63, 3.8) is 0 Å². The first-order chi connectivity index (χ1) is 8.02. The highest BCUT2D eigenvalue weighted by Gasteiger charge is 2.25. The maximum Gasteiger partial charge on any atom is 0.0780 e. The van der Waals surface area contributed by atoms with E-state index in [4.69, 9.17) is 10.5 Å². The predicted octanol–water partition coefficient (Wildman–Crippen LogP) is 3.04. The van der Waals surface area contributed by atoms with Crippen LogP contribution in [0.15, 0.2) is 10.7 Å². The number of ether oxygens (including phenoxy) is 1. The predicted molar refractivity (Wildman–Crippen MR) is 72.9 cm³/mol. The quantitative estimate of drug-likeness (QED) is 0.879. The van der Waals surface area contributed by atoms with E-state index >= 15 is 0 Å². The van der Waals surface area contributed by atoms with Crippen LogP contribution in [0.1, 0.15) is 51.9 Å². The highest BCUT2D eigenvalue weighted by molar-refractivity contribution is 9.10. The van der Waals surface area contributed by atoms with Gasteiger partial charge in [-0.1, -0.05) is 6.92 Å². The summed E-state index contributed by atoms with van der Waals surface area (Å²) in [5.74, 6) is 0. The van der Waals surface area contributed by atoms with E-state index in [1.54, 1.807) is 6.20 Å². The average molecular weight is 304 g/mol. The average Bonchev–Trinajstić information content (AvgIpc) is 2.67. The Bertz CT molecular complexity index is 352. The van der Waals surface area contributed by atoms with Gasteiger partial charge in [-0.15, -0.1) is 0 Å². The maximum atomic E-state index is 6.30. The second-order valence-corrected chi connectivity index (χ2v) is 5.20. The summed E-state index contributed by atoms with van der Waals surface area (Å²) in [6, 6.07) is 0.140. The Morgan fingerprint density at radius 3 is 2.59 bits per heavy atom. The molecule has 5 heteroatoms.